The van der Waals surface area contributed by atoms with Gasteiger partial charge in [-0.05, 0) is 30.0 Å². The highest BCUT2D eigenvalue weighted by Gasteiger charge is 1.98. The maximum absolute atomic E-state index is 5.17. The number of hydrogen-bond donors (Lipinski definition) is 0. The Morgan fingerprint density at radius 3 is 2.19 bits per heavy atom. The summed E-state index contributed by atoms with van der Waals surface area (Å²) in [6, 6.07) is 8.24. The van der Waals surface area contributed by atoms with Gasteiger partial charge in [0.25, 0.3) is 0 Å². The predicted octanol–water partition coefficient (Wildman–Crippen LogP) is 6.49. The van der Waals surface area contributed by atoms with Crippen molar-refractivity contribution >= 4 is 6.08 Å². The number of methoxy groups -OCH3 is 1. The number of benzene rings is 1. The minimum Gasteiger partial charge on any atom is -0.497 e. The minimum absolute atomic E-state index is 0.669. The van der Waals surface area contributed by atoms with Crippen molar-refractivity contribution in [3.8, 4) is 5.75 Å². The second-order valence-corrected chi connectivity index (χ2v) is 6.02. The van der Waals surface area contributed by atoms with Crippen LogP contribution in [0.3, 0.4) is 0 Å². The molecule has 0 fully saturated rings. The first-order chi connectivity index (χ1) is 10.3. The van der Waals surface area contributed by atoms with Crippen LogP contribution >= 0.6 is 0 Å². The SMILES string of the molecule is CCCCCCCCCC(C)/C=C/c1ccc(OC)cc1. The Labute approximate surface area is 131 Å². The molecule has 118 valence electrons. The first-order valence-electron chi connectivity index (χ1n) is 8.58. The lowest BCUT2D eigenvalue weighted by Crippen LogP contribution is -1.90. The van der Waals surface area contributed by atoms with Crippen molar-refractivity contribution < 1.29 is 4.74 Å². The Morgan fingerprint density at radius 2 is 1.57 bits per heavy atom. The molecular formula is C20H32O. The van der Waals surface area contributed by atoms with Crippen molar-refractivity contribution in [3.63, 3.8) is 0 Å². The lowest BCUT2D eigenvalue weighted by Gasteiger charge is -2.06. The van der Waals surface area contributed by atoms with E-state index in [4.69, 9.17) is 4.74 Å². The van der Waals surface area contributed by atoms with Gasteiger partial charge in [-0.1, -0.05) is 83.1 Å². The maximum atomic E-state index is 5.17. The van der Waals surface area contributed by atoms with Crippen molar-refractivity contribution in [3.05, 3.63) is 35.9 Å². The fourth-order valence-electron chi connectivity index (χ4n) is 2.51. The summed E-state index contributed by atoms with van der Waals surface area (Å²) in [5.41, 5.74) is 1.25. The van der Waals surface area contributed by atoms with E-state index >= 15 is 0 Å². The van der Waals surface area contributed by atoms with Gasteiger partial charge in [-0.3, -0.25) is 0 Å². The second-order valence-electron chi connectivity index (χ2n) is 6.02. The topological polar surface area (TPSA) is 9.23 Å². The molecule has 1 aromatic carbocycles. The van der Waals surface area contributed by atoms with Crippen LogP contribution in [-0.4, -0.2) is 7.11 Å². The third-order valence-electron chi connectivity index (χ3n) is 4.00. The zero-order valence-corrected chi connectivity index (χ0v) is 14.1. The fourth-order valence-corrected chi connectivity index (χ4v) is 2.51. The third-order valence-corrected chi connectivity index (χ3v) is 4.00. The predicted molar refractivity (Wildman–Crippen MR) is 93.8 cm³/mol. The largest absolute Gasteiger partial charge is 0.497 e. The third kappa shape index (κ3) is 8.60. The van der Waals surface area contributed by atoms with Gasteiger partial charge in [0.15, 0.2) is 0 Å². The average Bonchev–Trinajstić information content (AvgIpc) is 2.52. The first-order valence-corrected chi connectivity index (χ1v) is 8.58. The summed E-state index contributed by atoms with van der Waals surface area (Å²) in [4.78, 5) is 0. The lowest BCUT2D eigenvalue weighted by atomic mass is 10.0. The van der Waals surface area contributed by atoms with Gasteiger partial charge >= 0.3 is 0 Å². The van der Waals surface area contributed by atoms with E-state index in [1.165, 1.54) is 56.9 Å². The van der Waals surface area contributed by atoms with Gasteiger partial charge in [0.05, 0.1) is 7.11 Å². The minimum atomic E-state index is 0.669. The van der Waals surface area contributed by atoms with Crippen molar-refractivity contribution in [1.82, 2.24) is 0 Å². The van der Waals surface area contributed by atoms with E-state index in [2.05, 4.69) is 38.1 Å². The molecule has 0 heterocycles. The van der Waals surface area contributed by atoms with Gasteiger partial charge in [-0.15, -0.1) is 0 Å². The summed E-state index contributed by atoms with van der Waals surface area (Å²) in [7, 11) is 1.70. The summed E-state index contributed by atoms with van der Waals surface area (Å²) in [5, 5.41) is 0. The molecule has 0 spiro atoms. The molecule has 0 aliphatic carbocycles. The van der Waals surface area contributed by atoms with E-state index in [1.54, 1.807) is 7.11 Å². The molecule has 0 aliphatic rings. The standard InChI is InChI=1S/C20H32O/c1-4-5-6-7-8-9-10-11-18(2)12-13-19-14-16-20(21-3)17-15-19/h12-18H,4-11H2,1-3H3/b13-12+. The number of allylic oxidation sites excluding steroid dienone is 1. The van der Waals surface area contributed by atoms with Crippen LogP contribution in [0.25, 0.3) is 6.08 Å². The maximum Gasteiger partial charge on any atom is 0.118 e. The summed E-state index contributed by atoms with van der Waals surface area (Å²) >= 11 is 0. The summed E-state index contributed by atoms with van der Waals surface area (Å²) in [6.45, 7) is 4.59. The van der Waals surface area contributed by atoms with Gasteiger partial charge in [0, 0.05) is 0 Å². The van der Waals surface area contributed by atoms with Crippen LogP contribution in [0, 0.1) is 5.92 Å². The smallest absolute Gasteiger partial charge is 0.118 e. The Morgan fingerprint density at radius 1 is 0.952 bits per heavy atom. The van der Waals surface area contributed by atoms with Crippen LogP contribution in [0.5, 0.6) is 5.75 Å². The molecule has 1 unspecified atom stereocenters. The number of rotatable bonds is 11. The number of unbranched alkanes of at least 4 members (excludes halogenated alkanes) is 6. The molecule has 0 N–H and O–H groups in total. The van der Waals surface area contributed by atoms with E-state index in [0.717, 1.165) is 5.75 Å². The normalized spacial score (nSPS) is 12.7. The van der Waals surface area contributed by atoms with Crippen molar-refractivity contribution in [2.24, 2.45) is 5.92 Å². The van der Waals surface area contributed by atoms with Gasteiger partial charge < -0.3 is 4.74 Å². The Balaban J connectivity index is 2.14. The molecule has 1 nitrogen and oxygen atoms in total. The Bertz CT molecular complexity index is 377. The number of hydrogen-bond acceptors (Lipinski definition) is 1. The van der Waals surface area contributed by atoms with Crippen LogP contribution in [0.4, 0.5) is 0 Å². The highest BCUT2D eigenvalue weighted by Crippen LogP contribution is 2.16. The van der Waals surface area contributed by atoms with Crippen LogP contribution in [0.2, 0.25) is 0 Å². The molecule has 0 amide bonds. The van der Waals surface area contributed by atoms with E-state index in [1.807, 2.05) is 12.1 Å². The lowest BCUT2D eigenvalue weighted by molar-refractivity contribution is 0.415. The van der Waals surface area contributed by atoms with Crippen LogP contribution in [0.15, 0.2) is 30.3 Å². The molecule has 0 saturated heterocycles. The molecule has 0 aromatic heterocycles. The van der Waals surface area contributed by atoms with Crippen molar-refractivity contribution in [1.29, 1.82) is 0 Å². The molecule has 1 rings (SSSR count). The molecule has 0 saturated carbocycles. The van der Waals surface area contributed by atoms with Crippen molar-refractivity contribution in [2.45, 2.75) is 65.2 Å². The van der Waals surface area contributed by atoms with Crippen LogP contribution in [0.1, 0.15) is 70.8 Å². The van der Waals surface area contributed by atoms with Crippen molar-refractivity contribution in [2.75, 3.05) is 7.11 Å². The molecule has 1 atom stereocenters. The second kappa shape index (κ2) is 11.4. The van der Waals surface area contributed by atoms with Gasteiger partial charge in [-0.2, -0.15) is 0 Å². The van der Waals surface area contributed by atoms with E-state index in [9.17, 15) is 0 Å². The van der Waals surface area contributed by atoms with Gasteiger partial charge in [-0.25, -0.2) is 0 Å². The zero-order chi connectivity index (χ0) is 15.3. The molecule has 21 heavy (non-hydrogen) atoms. The first kappa shape index (κ1) is 17.8. The molecule has 0 bridgehead atoms. The van der Waals surface area contributed by atoms with E-state index in [0.29, 0.717) is 5.92 Å². The fraction of sp³-hybridized carbons (Fsp3) is 0.600. The summed E-state index contributed by atoms with van der Waals surface area (Å²) in [6.07, 6.45) is 15.6. The number of ether oxygens (including phenoxy) is 1. The highest BCUT2D eigenvalue weighted by molar-refractivity contribution is 5.50. The van der Waals surface area contributed by atoms with Gasteiger partial charge in [0.2, 0.25) is 0 Å². The summed E-state index contributed by atoms with van der Waals surface area (Å²) in [5.74, 6) is 1.59. The molecule has 0 aliphatic heterocycles. The Kier molecular flexibility index (Phi) is 9.69. The summed E-state index contributed by atoms with van der Waals surface area (Å²) < 4.78 is 5.17. The monoisotopic (exact) mass is 288 g/mol. The van der Waals surface area contributed by atoms with E-state index < -0.39 is 0 Å². The molecule has 1 heteroatoms. The quantitative estimate of drug-likeness (QED) is 0.423. The molecule has 0 radical (unpaired) electrons. The van der Waals surface area contributed by atoms with E-state index in [-0.39, 0.29) is 0 Å². The zero-order valence-electron chi connectivity index (χ0n) is 14.1. The highest BCUT2D eigenvalue weighted by atomic mass is 16.5. The average molecular weight is 288 g/mol. The molecule has 1 aromatic rings. The molecular weight excluding hydrogens is 256 g/mol. The van der Waals surface area contributed by atoms with Crippen LogP contribution in [-0.2, 0) is 0 Å². The van der Waals surface area contributed by atoms with Crippen LogP contribution < -0.4 is 4.74 Å². The van der Waals surface area contributed by atoms with Gasteiger partial charge in [0.1, 0.15) is 5.75 Å². The Hall–Kier alpha value is -1.24.